The summed E-state index contributed by atoms with van der Waals surface area (Å²) in [6.45, 7) is 4.48. The van der Waals surface area contributed by atoms with Crippen molar-refractivity contribution in [1.82, 2.24) is 14.5 Å². The van der Waals surface area contributed by atoms with E-state index in [9.17, 15) is 17.2 Å². The topological polar surface area (TPSA) is 94.9 Å². The van der Waals surface area contributed by atoms with Gasteiger partial charge in [-0.3, -0.25) is 9.80 Å². The monoisotopic (exact) mass is 492 g/mol. The molecule has 0 aromatic heterocycles. The molecule has 11 heteroatoms. The van der Waals surface area contributed by atoms with Gasteiger partial charge in [0.1, 0.15) is 12.4 Å². The molecule has 8 nitrogen and oxygen atoms in total. The van der Waals surface area contributed by atoms with Gasteiger partial charge in [0.2, 0.25) is 10.0 Å². The molecule has 2 bridgehead atoms. The van der Waals surface area contributed by atoms with Crippen molar-refractivity contribution in [1.29, 1.82) is 5.26 Å². The second-order valence-corrected chi connectivity index (χ2v) is 10.1. The van der Waals surface area contributed by atoms with E-state index in [1.807, 2.05) is 6.07 Å². The molecule has 2 fully saturated rings. The molecule has 2 heterocycles. The molecule has 2 aliphatic rings. The van der Waals surface area contributed by atoms with E-state index in [1.54, 1.807) is 0 Å². The van der Waals surface area contributed by atoms with Gasteiger partial charge in [0.15, 0.2) is 11.6 Å². The van der Waals surface area contributed by atoms with E-state index in [1.165, 1.54) is 24.3 Å². The second kappa shape index (κ2) is 10.8. The third-order valence-corrected chi connectivity index (χ3v) is 7.28. The molecule has 4 rings (SSSR count). The number of fused-ring (bicyclic) bond motifs is 2. The van der Waals surface area contributed by atoms with E-state index in [0.29, 0.717) is 45.9 Å². The number of halogens is 2. The Bertz CT molecular complexity index is 1130. The van der Waals surface area contributed by atoms with E-state index in [4.69, 9.17) is 14.7 Å². The Morgan fingerprint density at radius 1 is 1.03 bits per heavy atom. The van der Waals surface area contributed by atoms with Crippen LogP contribution in [0, 0.1) is 23.0 Å². The molecule has 2 aliphatic heterocycles. The maximum absolute atomic E-state index is 13.9. The van der Waals surface area contributed by atoms with Crippen LogP contribution in [0.25, 0.3) is 0 Å². The lowest BCUT2D eigenvalue weighted by molar-refractivity contribution is -0.138. The minimum absolute atomic E-state index is 0.00662. The van der Waals surface area contributed by atoms with Crippen molar-refractivity contribution < 1.29 is 26.7 Å². The Hall–Kier alpha value is -2.62. The molecule has 2 atom stereocenters. The highest BCUT2D eigenvalue weighted by molar-refractivity contribution is 7.89. The quantitative estimate of drug-likeness (QED) is 0.568. The first-order valence-electron chi connectivity index (χ1n) is 11.0. The highest BCUT2D eigenvalue weighted by atomic mass is 32.2. The minimum Gasteiger partial charge on any atom is -0.489 e. The van der Waals surface area contributed by atoms with Gasteiger partial charge >= 0.3 is 0 Å². The van der Waals surface area contributed by atoms with Crippen LogP contribution >= 0.6 is 0 Å². The average Bonchev–Trinajstić information content (AvgIpc) is 2.80. The molecular weight excluding hydrogens is 466 g/mol. The average molecular weight is 493 g/mol. The van der Waals surface area contributed by atoms with Crippen LogP contribution in [0.1, 0.15) is 5.56 Å². The van der Waals surface area contributed by atoms with Crippen molar-refractivity contribution in [2.75, 3.05) is 52.4 Å². The number of nitrogens with zero attached hydrogens (tertiary/aromatic N) is 3. The summed E-state index contributed by atoms with van der Waals surface area (Å²) in [4.78, 5) is 4.42. The van der Waals surface area contributed by atoms with Crippen LogP contribution < -0.4 is 9.46 Å². The zero-order valence-electron chi connectivity index (χ0n) is 18.5. The van der Waals surface area contributed by atoms with Crippen LogP contribution in [0.15, 0.2) is 47.4 Å². The van der Waals surface area contributed by atoms with E-state index >= 15 is 0 Å². The van der Waals surface area contributed by atoms with Gasteiger partial charge < -0.3 is 9.47 Å². The lowest BCUT2D eigenvalue weighted by atomic mass is 10.1. The molecule has 2 saturated heterocycles. The normalized spacial score (nSPS) is 21.2. The van der Waals surface area contributed by atoms with E-state index in [-0.39, 0.29) is 35.0 Å². The van der Waals surface area contributed by atoms with Crippen LogP contribution in [0.4, 0.5) is 8.78 Å². The van der Waals surface area contributed by atoms with Crippen LogP contribution in [0.5, 0.6) is 5.75 Å². The predicted octanol–water partition coefficient (Wildman–Crippen LogP) is 1.58. The molecule has 0 saturated carbocycles. The van der Waals surface area contributed by atoms with Gasteiger partial charge in [-0.05, 0) is 42.5 Å². The van der Waals surface area contributed by atoms with Crippen molar-refractivity contribution >= 4 is 10.0 Å². The summed E-state index contributed by atoms with van der Waals surface area (Å²) in [5, 5.41) is 8.81. The van der Waals surface area contributed by atoms with Gasteiger partial charge in [0.25, 0.3) is 0 Å². The number of benzene rings is 2. The van der Waals surface area contributed by atoms with Gasteiger partial charge in [0.05, 0.1) is 28.7 Å². The van der Waals surface area contributed by atoms with Crippen LogP contribution in [-0.4, -0.2) is 82.8 Å². The smallest absolute Gasteiger partial charge is 0.240 e. The number of nitriles is 1. The molecule has 1 N–H and O–H groups in total. The zero-order valence-corrected chi connectivity index (χ0v) is 19.3. The summed E-state index contributed by atoms with van der Waals surface area (Å²) >= 11 is 0. The molecular formula is C23H26F2N4O4S. The lowest BCUT2D eigenvalue weighted by Gasteiger charge is -2.45. The van der Waals surface area contributed by atoms with Gasteiger partial charge in [-0.25, -0.2) is 21.9 Å². The first kappa shape index (κ1) is 24.5. The number of sulfonamides is 1. The number of hydrogen-bond acceptors (Lipinski definition) is 7. The molecule has 0 amide bonds. The summed E-state index contributed by atoms with van der Waals surface area (Å²) < 4.78 is 65.8. The molecule has 2 aromatic rings. The molecule has 2 unspecified atom stereocenters. The number of nitrogens with one attached hydrogen (secondary N) is 1. The maximum atomic E-state index is 13.9. The fourth-order valence-corrected chi connectivity index (χ4v) is 5.25. The third-order valence-electron chi connectivity index (χ3n) is 5.80. The Kier molecular flexibility index (Phi) is 7.75. The zero-order chi connectivity index (χ0) is 24.1. The Labute approximate surface area is 197 Å². The Morgan fingerprint density at radius 3 is 2.29 bits per heavy atom. The van der Waals surface area contributed by atoms with Crippen molar-refractivity contribution in [3.05, 3.63) is 59.7 Å². The highest BCUT2D eigenvalue weighted by Gasteiger charge is 2.34. The maximum Gasteiger partial charge on any atom is 0.240 e. The number of rotatable bonds is 9. The highest BCUT2D eigenvalue weighted by Crippen LogP contribution is 2.20. The number of hydrogen-bond donors (Lipinski definition) is 1. The molecule has 182 valence electrons. The SMILES string of the molecule is N#Cc1ccc(OCCN2CC3CN(CCNS(=O)(=O)c4ccc(F)cc4)CC(C2)O3)c(F)c1. The second-order valence-electron chi connectivity index (χ2n) is 8.36. The first-order chi connectivity index (χ1) is 16.3. The van der Waals surface area contributed by atoms with Gasteiger partial charge in [-0.2, -0.15) is 5.26 Å². The van der Waals surface area contributed by atoms with Crippen molar-refractivity contribution in [3.8, 4) is 11.8 Å². The summed E-state index contributed by atoms with van der Waals surface area (Å²) in [6.07, 6.45) is -0.0132. The third kappa shape index (κ3) is 6.28. The van der Waals surface area contributed by atoms with Crippen molar-refractivity contribution in [2.45, 2.75) is 17.1 Å². The van der Waals surface area contributed by atoms with Crippen molar-refractivity contribution in [3.63, 3.8) is 0 Å². The molecule has 0 aliphatic carbocycles. The van der Waals surface area contributed by atoms with Crippen LogP contribution in [0.2, 0.25) is 0 Å². The molecule has 2 aromatic carbocycles. The van der Waals surface area contributed by atoms with Crippen LogP contribution in [-0.2, 0) is 14.8 Å². The van der Waals surface area contributed by atoms with Gasteiger partial charge in [0, 0.05) is 45.8 Å². The first-order valence-corrected chi connectivity index (χ1v) is 12.5. The fourth-order valence-electron chi connectivity index (χ4n) is 4.23. The predicted molar refractivity (Wildman–Crippen MR) is 120 cm³/mol. The fraction of sp³-hybridized carbons (Fsp3) is 0.435. The van der Waals surface area contributed by atoms with Gasteiger partial charge in [-0.1, -0.05) is 0 Å². The Balaban J connectivity index is 1.20. The van der Waals surface area contributed by atoms with Crippen LogP contribution in [0.3, 0.4) is 0 Å². The van der Waals surface area contributed by atoms with Crippen molar-refractivity contribution in [2.24, 2.45) is 0 Å². The molecule has 0 radical (unpaired) electrons. The van der Waals surface area contributed by atoms with E-state index in [2.05, 4.69) is 14.5 Å². The standard InChI is InChI=1S/C23H26F2N4O4S/c24-18-2-4-21(5-3-18)34(30,31)27-7-8-28-13-19-15-29(16-20(14-28)33-19)9-10-32-23-6-1-17(12-26)11-22(23)25/h1-6,11,19-20,27H,7-10,13-16H2. The summed E-state index contributed by atoms with van der Waals surface area (Å²) in [6, 6.07) is 10.8. The summed E-state index contributed by atoms with van der Waals surface area (Å²) in [7, 11) is -3.68. The van der Waals surface area contributed by atoms with E-state index < -0.39 is 21.7 Å². The largest absolute Gasteiger partial charge is 0.489 e. The van der Waals surface area contributed by atoms with E-state index in [0.717, 1.165) is 18.2 Å². The number of morpholine rings is 2. The molecule has 34 heavy (non-hydrogen) atoms. The summed E-state index contributed by atoms with van der Waals surface area (Å²) in [5.74, 6) is -0.911. The minimum atomic E-state index is -3.68. The van der Waals surface area contributed by atoms with Gasteiger partial charge in [-0.15, -0.1) is 0 Å². The Morgan fingerprint density at radius 2 is 1.68 bits per heavy atom. The number of ether oxygens (including phenoxy) is 2. The summed E-state index contributed by atoms with van der Waals surface area (Å²) in [5.41, 5.74) is 0.249. The molecule has 0 spiro atoms. The lowest BCUT2D eigenvalue weighted by Crippen LogP contribution is -2.60.